The van der Waals surface area contributed by atoms with Crippen LogP contribution in [0.3, 0.4) is 0 Å². The van der Waals surface area contributed by atoms with E-state index in [0.29, 0.717) is 0 Å². The molecule has 0 aliphatic heterocycles. The molecular formula is C54H42N2. The Balaban J connectivity index is 1.13. The molecule has 0 N–H and O–H groups in total. The molecule has 0 bridgehead atoms. The molecule has 0 saturated carbocycles. The molecule has 0 saturated heterocycles. The highest BCUT2D eigenvalue weighted by atomic mass is 15.1. The lowest BCUT2D eigenvalue weighted by Crippen LogP contribution is -2.16. The first kappa shape index (κ1) is 32.8. The van der Waals surface area contributed by atoms with Crippen molar-refractivity contribution in [2.45, 2.75) is 38.5 Å². The van der Waals surface area contributed by atoms with Gasteiger partial charge in [0.15, 0.2) is 0 Å². The van der Waals surface area contributed by atoms with Crippen molar-refractivity contribution >= 4 is 38.9 Å². The maximum absolute atomic E-state index is 2.50. The van der Waals surface area contributed by atoms with Crippen LogP contribution in [-0.4, -0.2) is 4.57 Å². The normalized spacial score (nSPS) is 14.4. The van der Waals surface area contributed by atoms with Gasteiger partial charge in [0.05, 0.1) is 11.0 Å². The highest BCUT2D eigenvalue weighted by molar-refractivity contribution is 6.21. The van der Waals surface area contributed by atoms with Crippen molar-refractivity contribution in [2.75, 3.05) is 4.90 Å². The topological polar surface area (TPSA) is 8.17 Å². The van der Waals surface area contributed by atoms with Gasteiger partial charge in [-0.1, -0.05) is 149 Å². The Kier molecular flexibility index (Phi) is 6.98. The first-order chi connectivity index (χ1) is 27.3. The monoisotopic (exact) mass is 718 g/mol. The molecule has 0 atom stereocenters. The van der Waals surface area contributed by atoms with Crippen molar-refractivity contribution in [3.05, 3.63) is 204 Å². The zero-order valence-corrected chi connectivity index (χ0v) is 32.2. The van der Waals surface area contributed by atoms with Gasteiger partial charge in [0.25, 0.3) is 0 Å². The van der Waals surface area contributed by atoms with Gasteiger partial charge in [0.2, 0.25) is 0 Å². The minimum absolute atomic E-state index is 0.0839. The summed E-state index contributed by atoms with van der Waals surface area (Å²) in [6, 6.07) is 67.3. The van der Waals surface area contributed by atoms with Crippen LogP contribution in [0.5, 0.6) is 0 Å². The summed E-state index contributed by atoms with van der Waals surface area (Å²) in [5.74, 6) is 0. The van der Waals surface area contributed by atoms with Crippen LogP contribution in [0.1, 0.15) is 49.9 Å². The third-order valence-electron chi connectivity index (χ3n) is 12.8. The quantitative estimate of drug-likeness (QED) is 0.172. The van der Waals surface area contributed by atoms with Gasteiger partial charge >= 0.3 is 0 Å². The molecule has 1 aromatic heterocycles. The molecule has 56 heavy (non-hydrogen) atoms. The highest BCUT2D eigenvalue weighted by Crippen LogP contribution is 2.56. The van der Waals surface area contributed by atoms with Gasteiger partial charge in [0, 0.05) is 49.9 Å². The fourth-order valence-electron chi connectivity index (χ4n) is 10.0. The molecule has 0 fully saturated rings. The Morgan fingerprint density at radius 3 is 1.71 bits per heavy atom. The third kappa shape index (κ3) is 4.56. The van der Waals surface area contributed by atoms with Gasteiger partial charge in [-0.3, -0.25) is 0 Å². The summed E-state index contributed by atoms with van der Waals surface area (Å²) in [7, 11) is 0. The largest absolute Gasteiger partial charge is 0.310 e. The molecular weight excluding hydrogens is 677 g/mol. The Morgan fingerprint density at radius 1 is 0.411 bits per heavy atom. The molecule has 9 aromatic rings. The Morgan fingerprint density at radius 2 is 0.964 bits per heavy atom. The van der Waals surface area contributed by atoms with E-state index in [-0.39, 0.29) is 10.8 Å². The van der Waals surface area contributed by atoms with Gasteiger partial charge < -0.3 is 9.47 Å². The standard InChI is InChI=1S/C54H42N2/c1-53(2)45-24-14-11-21-40(45)41-32-31-39(33-47(41)53)55(36-17-7-5-8-18-36)38-29-27-35(28-30-38)44-34-48-51(42-22-12-15-25-46(42)54(48,3)4)52-50(44)43-23-13-16-26-49(43)56(52)37-19-9-6-10-20-37/h5-34H,1-4H3. The van der Waals surface area contributed by atoms with Gasteiger partial charge in [-0.25, -0.2) is 0 Å². The van der Waals surface area contributed by atoms with Gasteiger partial charge in [-0.15, -0.1) is 0 Å². The minimum atomic E-state index is -0.155. The first-order valence-electron chi connectivity index (χ1n) is 19.8. The number of hydrogen-bond acceptors (Lipinski definition) is 1. The zero-order chi connectivity index (χ0) is 37.8. The predicted molar refractivity (Wildman–Crippen MR) is 236 cm³/mol. The zero-order valence-electron chi connectivity index (χ0n) is 32.2. The molecule has 268 valence electrons. The molecule has 1 heterocycles. The second kappa shape index (κ2) is 11.9. The van der Waals surface area contributed by atoms with Crippen molar-refractivity contribution in [3.8, 4) is 39.1 Å². The molecule has 0 radical (unpaired) electrons. The number of rotatable bonds is 5. The molecule has 0 unspecified atom stereocenters. The van der Waals surface area contributed by atoms with E-state index in [1.807, 2.05) is 0 Å². The Labute approximate surface area is 328 Å². The lowest BCUT2D eigenvalue weighted by Gasteiger charge is -2.28. The van der Waals surface area contributed by atoms with E-state index in [0.717, 1.165) is 17.1 Å². The third-order valence-corrected chi connectivity index (χ3v) is 12.8. The molecule has 2 nitrogen and oxygen atoms in total. The van der Waals surface area contributed by atoms with E-state index in [9.17, 15) is 0 Å². The van der Waals surface area contributed by atoms with E-state index in [4.69, 9.17) is 0 Å². The van der Waals surface area contributed by atoms with Crippen LogP contribution in [-0.2, 0) is 10.8 Å². The second-order valence-electron chi connectivity index (χ2n) is 16.5. The van der Waals surface area contributed by atoms with E-state index in [2.05, 4.69) is 219 Å². The number of anilines is 3. The predicted octanol–water partition coefficient (Wildman–Crippen LogP) is 14.5. The Hall–Kier alpha value is -6.64. The number of nitrogens with zero attached hydrogens (tertiary/aromatic N) is 2. The van der Waals surface area contributed by atoms with E-state index >= 15 is 0 Å². The molecule has 0 amide bonds. The smallest absolute Gasteiger partial charge is 0.0628 e. The summed E-state index contributed by atoms with van der Waals surface area (Å²) >= 11 is 0. The first-order valence-corrected chi connectivity index (χ1v) is 19.8. The van der Waals surface area contributed by atoms with Crippen molar-refractivity contribution in [1.29, 1.82) is 0 Å². The van der Waals surface area contributed by atoms with Gasteiger partial charge in [-0.2, -0.15) is 0 Å². The number of benzene rings is 8. The van der Waals surface area contributed by atoms with Gasteiger partial charge in [0.1, 0.15) is 0 Å². The number of para-hydroxylation sites is 3. The molecule has 2 aliphatic carbocycles. The van der Waals surface area contributed by atoms with Crippen molar-refractivity contribution < 1.29 is 0 Å². The lowest BCUT2D eigenvalue weighted by atomic mass is 9.81. The van der Waals surface area contributed by atoms with E-state index < -0.39 is 0 Å². The summed E-state index contributed by atoms with van der Waals surface area (Å²) in [5, 5.41) is 2.56. The summed E-state index contributed by atoms with van der Waals surface area (Å²) < 4.78 is 2.50. The van der Waals surface area contributed by atoms with Crippen LogP contribution in [0, 0.1) is 0 Å². The van der Waals surface area contributed by atoms with Crippen LogP contribution >= 0.6 is 0 Å². The summed E-state index contributed by atoms with van der Waals surface area (Å²) in [6.45, 7) is 9.49. The summed E-state index contributed by atoms with van der Waals surface area (Å²) in [5.41, 5.74) is 20.2. The number of hydrogen-bond donors (Lipinski definition) is 0. The summed E-state index contributed by atoms with van der Waals surface area (Å²) in [4.78, 5) is 2.41. The average Bonchev–Trinajstić information content (AvgIpc) is 3.79. The van der Waals surface area contributed by atoms with E-state index in [1.54, 1.807) is 0 Å². The maximum Gasteiger partial charge on any atom is 0.0628 e. The minimum Gasteiger partial charge on any atom is -0.310 e. The van der Waals surface area contributed by atoms with Crippen LogP contribution < -0.4 is 4.90 Å². The average molecular weight is 719 g/mol. The van der Waals surface area contributed by atoms with Crippen LogP contribution in [0.15, 0.2) is 182 Å². The second-order valence-corrected chi connectivity index (χ2v) is 16.5. The number of fused-ring (bicyclic) bond motifs is 10. The number of aromatic nitrogens is 1. The van der Waals surface area contributed by atoms with Crippen molar-refractivity contribution in [1.82, 2.24) is 4.57 Å². The lowest BCUT2D eigenvalue weighted by molar-refractivity contribution is 0.660. The fraction of sp³-hybridized carbons (Fsp3) is 0.111. The molecule has 2 aliphatic rings. The highest BCUT2D eigenvalue weighted by Gasteiger charge is 2.39. The van der Waals surface area contributed by atoms with Gasteiger partial charge in [-0.05, 0) is 111 Å². The van der Waals surface area contributed by atoms with E-state index in [1.165, 1.54) is 83.1 Å². The summed E-state index contributed by atoms with van der Waals surface area (Å²) in [6.07, 6.45) is 0. The molecule has 11 rings (SSSR count). The maximum atomic E-state index is 2.50. The van der Waals surface area contributed by atoms with Crippen molar-refractivity contribution in [2.24, 2.45) is 0 Å². The van der Waals surface area contributed by atoms with Crippen molar-refractivity contribution in [3.63, 3.8) is 0 Å². The molecule has 0 spiro atoms. The Bertz CT molecular complexity index is 3000. The molecule has 8 aromatic carbocycles. The van der Waals surface area contributed by atoms with Crippen LogP contribution in [0.25, 0.3) is 60.9 Å². The molecule has 2 heteroatoms. The van der Waals surface area contributed by atoms with Crippen LogP contribution in [0.4, 0.5) is 17.1 Å². The van der Waals surface area contributed by atoms with Crippen LogP contribution in [0.2, 0.25) is 0 Å². The fourth-order valence-corrected chi connectivity index (χ4v) is 10.0. The SMILES string of the molecule is CC1(C)c2ccccc2-c2ccc(N(c3ccccc3)c3ccc(-c4cc5c(c6c4c4ccccc4n6-c4ccccc4)-c4ccccc4C5(C)C)cc3)cc21.